The quantitative estimate of drug-likeness (QED) is 0.782. The first-order valence-electron chi connectivity index (χ1n) is 11.1. The van der Waals surface area contributed by atoms with Gasteiger partial charge < -0.3 is 10.1 Å². The molecular formula is C22H32N4O2. The summed E-state index contributed by atoms with van der Waals surface area (Å²) in [6, 6.07) is 2.05. The summed E-state index contributed by atoms with van der Waals surface area (Å²) in [5.74, 6) is 3.47. The molecule has 1 amide bonds. The van der Waals surface area contributed by atoms with Crippen LogP contribution in [0.5, 0.6) is 0 Å². The van der Waals surface area contributed by atoms with Crippen LogP contribution in [0.15, 0.2) is 18.5 Å². The Morgan fingerprint density at radius 3 is 2.54 bits per heavy atom. The maximum Gasteiger partial charge on any atom is 0.223 e. The minimum absolute atomic E-state index is 0.179. The summed E-state index contributed by atoms with van der Waals surface area (Å²) < 4.78 is 6.36. The number of ether oxygens (including phenoxy) is 1. The number of nitrogens with one attached hydrogen (secondary N) is 1. The summed E-state index contributed by atoms with van der Waals surface area (Å²) in [6.07, 6.45) is 11.9. The summed E-state index contributed by atoms with van der Waals surface area (Å²) in [4.78, 5) is 23.8. The number of carbonyl (C=O) groups is 1. The molecule has 1 aliphatic heterocycles. The van der Waals surface area contributed by atoms with Gasteiger partial charge in [-0.2, -0.15) is 0 Å². The predicted octanol–water partition coefficient (Wildman–Crippen LogP) is 2.40. The van der Waals surface area contributed by atoms with Crippen molar-refractivity contribution >= 4 is 5.91 Å². The van der Waals surface area contributed by atoms with Crippen LogP contribution in [0.2, 0.25) is 0 Å². The Balaban J connectivity index is 1.21. The highest BCUT2D eigenvalue weighted by Crippen LogP contribution is 2.39. The molecule has 6 nitrogen and oxygen atoms in total. The van der Waals surface area contributed by atoms with E-state index in [9.17, 15) is 4.79 Å². The fourth-order valence-corrected chi connectivity index (χ4v) is 5.10. The highest BCUT2D eigenvalue weighted by Gasteiger charge is 2.44. The van der Waals surface area contributed by atoms with E-state index in [2.05, 4.69) is 20.2 Å². The molecule has 1 saturated heterocycles. The Hall–Kier alpha value is -1.53. The molecule has 0 radical (unpaired) electrons. The second-order valence-corrected chi connectivity index (χ2v) is 9.41. The summed E-state index contributed by atoms with van der Waals surface area (Å²) in [6.45, 7) is 3.86. The van der Waals surface area contributed by atoms with E-state index in [1.165, 1.54) is 19.3 Å². The lowest BCUT2D eigenvalue weighted by Gasteiger charge is -2.39. The van der Waals surface area contributed by atoms with Gasteiger partial charge in [-0.05, 0) is 62.3 Å². The second kappa shape index (κ2) is 8.07. The van der Waals surface area contributed by atoms with Gasteiger partial charge in [-0.15, -0.1) is 0 Å². The maximum atomic E-state index is 12.6. The minimum atomic E-state index is 0.179. The van der Waals surface area contributed by atoms with Gasteiger partial charge >= 0.3 is 0 Å². The van der Waals surface area contributed by atoms with E-state index in [0.717, 1.165) is 63.7 Å². The van der Waals surface area contributed by atoms with Gasteiger partial charge in [0.15, 0.2) is 0 Å². The van der Waals surface area contributed by atoms with Crippen molar-refractivity contribution in [2.75, 3.05) is 19.7 Å². The van der Waals surface area contributed by atoms with Crippen molar-refractivity contribution in [3.8, 4) is 0 Å². The number of fused-ring (bicyclic) bond motifs is 1. The summed E-state index contributed by atoms with van der Waals surface area (Å²) in [5.41, 5.74) is 0. The topological polar surface area (TPSA) is 67.4 Å². The van der Waals surface area contributed by atoms with Gasteiger partial charge in [-0.1, -0.05) is 6.42 Å². The van der Waals surface area contributed by atoms with Gasteiger partial charge in [0, 0.05) is 38.0 Å². The van der Waals surface area contributed by atoms with Crippen LogP contribution >= 0.6 is 0 Å². The van der Waals surface area contributed by atoms with Crippen LogP contribution in [0.1, 0.15) is 50.8 Å². The van der Waals surface area contributed by atoms with Crippen molar-refractivity contribution in [2.24, 2.45) is 23.7 Å². The van der Waals surface area contributed by atoms with Gasteiger partial charge in [0.05, 0.1) is 18.7 Å². The predicted molar refractivity (Wildman–Crippen MR) is 105 cm³/mol. The zero-order chi connectivity index (χ0) is 18.9. The van der Waals surface area contributed by atoms with E-state index in [4.69, 9.17) is 4.74 Å². The van der Waals surface area contributed by atoms with Crippen molar-refractivity contribution in [1.29, 1.82) is 0 Å². The van der Waals surface area contributed by atoms with E-state index in [1.54, 1.807) is 0 Å². The molecule has 1 aromatic heterocycles. The van der Waals surface area contributed by atoms with E-state index in [0.29, 0.717) is 11.8 Å². The Labute approximate surface area is 167 Å². The molecule has 152 valence electrons. The molecule has 0 unspecified atom stereocenters. The van der Waals surface area contributed by atoms with Crippen LogP contribution in [0.3, 0.4) is 0 Å². The molecule has 0 spiro atoms. The number of hydrogen-bond donors (Lipinski definition) is 1. The average molecular weight is 385 g/mol. The van der Waals surface area contributed by atoms with Crippen molar-refractivity contribution in [1.82, 2.24) is 20.2 Å². The van der Waals surface area contributed by atoms with Gasteiger partial charge in [-0.3, -0.25) is 9.69 Å². The highest BCUT2D eigenvalue weighted by atomic mass is 16.5. The normalized spacial score (nSPS) is 33.3. The third kappa shape index (κ3) is 4.23. The van der Waals surface area contributed by atoms with E-state index >= 15 is 0 Å². The van der Waals surface area contributed by atoms with Gasteiger partial charge in [-0.25, -0.2) is 9.97 Å². The molecule has 3 aliphatic carbocycles. The Kier molecular flexibility index (Phi) is 5.33. The SMILES string of the molecule is O=C(N[C@H]1C[C@H]2CN(Cc3ncccn3)C[C@H]2C[C@@H]1OCC1CC1)C1CCC1. The molecule has 4 atom stereocenters. The van der Waals surface area contributed by atoms with Gasteiger partial charge in [0.2, 0.25) is 5.91 Å². The molecule has 2 heterocycles. The van der Waals surface area contributed by atoms with Gasteiger partial charge in [0.25, 0.3) is 0 Å². The Morgan fingerprint density at radius 1 is 1.11 bits per heavy atom. The second-order valence-electron chi connectivity index (χ2n) is 9.41. The van der Waals surface area contributed by atoms with Crippen molar-refractivity contribution in [3.05, 3.63) is 24.3 Å². The molecule has 1 N–H and O–H groups in total. The number of likely N-dealkylation sites (tertiary alicyclic amines) is 1. The largest absolute Gasteiger partial charge is 0.376 e. The third-order valence-corrected chi connectivity index (χ3v) is 7.22. The number of aromatic nitrogens is 2. The molecular weight excluding hydrogens is 352 g/mol. The molecule has 3 saturated carbocycles. The summed E-state index contributed by atoms with van der Waals surface area (Å²) in [5, 5.41) is 3.39. The van der Waals surface area contributed by atoms with E-state index in [-0.39, 0.29) is 24.0 Å². The first kappa shape index (κ1) is 18.5. The summed E-state index contributed by atoms with van der Waals surface area (Å²) in [7, 11) is 0. The van der Waals surface area contributed by atoms with Crippen molar-refractivity contribution < 1.29 is 9.53 Å². The van der Waals surface area contributed by atoms with Crippen molar-refractivity contribution in [3.63, 3.8) is 0 Å². The number of carbonyl (C=O) groups excluding carboxylic acids is 1. The lowest BCUT2D eigenvalue weighted by Crippen LogP contribution is -2.52. The smallest absolute Gasteiger partial charge is 0.223 e. The molecule has 6 heteroatoms. The van der Waals surface area contributed by atoms with Crippen LogP contribution in [0.4, 0.5) is 0 Å². The number of amides is 1. The molecule has 1 aromatic rings. The Bertz CT molecular complexity index is 676. The van der Waals surface area contributed by atoms with E-state index < -0.39 is 0 Å². The summed E-state index contributed by atoms with van der Waals surface area (Å²) >= 11 is 0. The molecule has 0 bridgehead atoms. The Morgan fingerprint density at radius 2 is 1.86 bits per heavy atom. The number of hydrogen-bond acceptors (Lipinski definition) is 5. The highest BCUT2D eigenvalue weighted by molar-refractivity contribution is 5.79. The first-order valence-corrected chi connectivity index (χ1v) is 11.1. The van der Waals surface area contributed by atoms with Gasteiger partial charge in [0.1, 0.15) is 5.82 Å². The van der Waals surface area contributed by atoms with Crippen LogP contribution in [0.25, 0.3) is 0 Å². The minimum Gasteiger partial charge on any atom is -0.376 e. The molecule has 5 rings (SSSR count). The standard InChI is InChI=1S/C22H32N4O2/c27-22(16-3-1-4-16)25-19-9-17-11-26(13-21-23-7-2-8-24-21)12-18(17)10-20(19)28-14-15-5-6-15/h2,7-8,15-20H,1,3-6,9-14H2,(H,25,27)/t17-,18+,19-,20-/m0/s1. The number of nitrogens with zero attached hydrogens (tertiary/aromatic N) is 3. The van der Waals surface area contributed by atoms with Crippen molar-refractivity contribution in [2.45, 2.75) is 63.6 Å². The first-order chi connectivity index (χ1) is 13.7. The molecule has 0 aromatic carbocycles. The zero-order valence-electron chi connectivity index (χ0n) is 16.6. The molecule has 4 aliphatic rings. The monoisotopic (exact) mass is 384 g/mol. The average Bonchev–Trinajstić information content (AvgIpc) is 3.39. The number of rotatable bonds is 7. The van der Waals surface area contributed by atoms with E-state index in [1.807, 2.05) is 18.5 Å². The fraction of sp³-hybridized carbons (Fsp3) is 0.773. The van der Waals surface area contributed by atoms with Crippen LogP contribution < -0.4 is 5.32 Å². The molecule has 4 fully saturated rings. The third-order valence-electron chi connectivity index (χ3n) is 7.22. The lowest BCUT2D eigenvalue weighted by atomic mass is 9.76. The zero-order valence-corrected chi connectivity index (χ0v) is 16.6. The fourth-order valence-electron chi connectivity index (χ4n) is 5.10. The van der Waals surface area contributed by atoms with Crippen LogP contribution in [-0.2, 0) is 16.1 Å². The van der Waals surface area contributed by atoms with Crippen LogP contribution in [0, 0.1) is 23.7 Å². The van der Waals surface area contributed by atoms with Crippen LogP contribution in [-0.4, -0.2) is 52.6 Å². The maximum absolute atomic E-state index is 12.6. The molecule has 28 heavy (non-hydrogen) atoms. The lowest BCUT2D eigenvalue weighted by molar-refractivity contribution is -0.130.